The van der Waals surface area contributed by atoms with Gasteiger partial charge in [-0.15, -0.1) is 0 Å². The molecule has 3 atom stereocenters. The molecule has 2 N–H and O–H groups in total. The van der Waals surface area contributed by atoms with E-state index < -0.39 is 40.8 Å². The normalized spacial score (nSPS) is 18.6. The second kappa shape index (κ2) is 12.6. The van der Waals surface area contributed by atoms with Crippen molar-refractivity contribution in [2.24, 2.45) is 5.92 Å². The van der Waals surface area contributed by atoms with E-state index in [1.165, 1.54) is 24.3 Å². The summed E-state index contributed by atoms with van der Waals surface area (Å²) in [5.41, 5.74) is 1.76. The quantitative estimate of drug-likeness (QED) is 0.200. The second-order valence-corrected chi connectivity index (χ2v) is 12.3. The number of thioether (sulfide) groups is 1. The van der Waals surface area contributed by atoms with E-state index in [1.807, 2.05) is 0 Å². The molecular formula is C32H27N3O8S2. The van der Waals surface area contributed by atoms with Gasteiger partial charge in [0.2, 0.25) is 11.8 Å². The second-order valence-electron chi connectivity index (χ2n) is 10.1. The number of nitrogens with zero attached hydrogens (tertiary/aromatic N) is 1. The number of imide groups is 1. The number of methoxy groups -OCH3 is 1. The number of fused-ring (bicyclic) bond motifs is 2. The lowest BCUT2D eigenvalue weighted by molar-refractivity contribution is -0.122. The molecule has 0 bridgehead atoms. The Labute approximate surface area is 265 Å². The van der Waals surface area contributed by atoms with Crippen LogP contribution in [0.3, 0.4) is 0 Å². The predicted molar refractivity (Wildman–Crippen MR) is 168 cm³/mol. The summed E-state index contributed by atoms with van der Waals surface area (Å²) in [7, 11) is 1.55. The maximum atomic E-state index is 14.1. The van der Waals surface area contributed by atoms with Gasteiger partial charge in [0.25, 0.3) is 5.91 Å². The van der Waals surface area contributed by atoms with Gasteiger partial charge in [0, 0.05) is 22.0 Å². The van der Waals surface area contributed by atoms with Crippen molar-refractivity contribution in [1.82, 2.24) is 4.98 Å². The number of H-pyrrole nitrogens is 1. The number of amides is 3. The minimum atomic E-state index is -0.857. The van der Waals surface area contributed by atoms with Crippen molar-refractivity contribution in [3.63, 3.8) is 0 Å². The third-order valence-electron chi connectivity index (χ3n) is 7.45. The zero-order chi connectivity index (χ0) is 31.7. The summed E-state index contributed by atoms with van der Waals surface area (Å²) in [5, 5.41) is 2.47. The molecule has 0 aliphatic carbocycles. The molecule has 4 aromatic rings. The maximum absolute atomic E-state index is 14.1. The molecule has 3 aromatic carbocycles. The van der Waals surface area contributed by atoms with Crippen molar-refractivity contribution in [2.45, 2.75) is 23.1 Å². The van der Waals surface area contributed by atoms with Crippen LogP contribution in [-0.4, -0.2) is 54.2 Å². The minimum Gasteiger partial charge on any atom is -0.497 e. The standard InChI is InChI=1S/C32H27N3O8S2/c1-3-42-31(39)17-8-12-19(13-9-17)35-29(37)25-24(26-28(34-32(40)45-26)44-27(25)30(35)38)21-6-4-5-7-22(21)43-16-23(36)33-18-10-14-20(41-2)15-11-18/h4-15,24-25,27H,3,16H2,1-2H3,(H,33,36)(H,34,40)/t24-,25-,27+/m0/s1. The minimum absolute atomic E-state index is 0.219. The van der Waals surface area contributed by atoms with Crippen LogP contribution in [0.15, 0.2) is 82.6 Å². The van der Waals surface area contributed by atoms with Crippen LogP contribution in [0.5, 0.6) is 11.5 Å². The fourth-order valence-corrected chi connectivity index (χ4v) is 7.96. The molecule has 2 aliphatic rings. The number of aromatic nitrogens is 1. The number of para-hydroxylation sites is 1. The number of carbonyl (C=O) groups is 4. The number of hydrogen-bond donors (Lipinski definition) is 2. The van der Waals surface area contributed by atoms with Crippen molar-refractivity contribution in [3.8, 4) is 11.5 Å². The summed E-state index contributed by atoms with van der Waals surface area (Å²) < 4.78 is 16.2. The van der Waals surface area contributed by atoms with Crippen LogP contribution in [0.25, 0.3) is 0 Å². The van der Waals surface area contributed by atoms with E-state index in [1.54, 1.807) is 62.6 Å². The fraction of sp³-hybridized carbons (Fsp3) is 0.219. The molecule has 0 spiro atoms. The zero-order valence-electron chi connectivity index (χ0n) is 24.1. The summed E-state index contributed by atoms with van der Waals surface area (Å²) in [6.07, 6.45) is 0. The molecule has 3 heterocycles. The van der Waals surface area contributed by atoms with E-state index >= 15 is 0 Å². The van der Waals surface area contributed by atoms with Gasteiger partial charge in [-0.1, -0.05) is 41.3 Å². The van der Waals surface area contributed by atoms with Gasteiger partial charge >= 0.3 is 10.8 Å². The monoisotopic (exact) mass is 645 g/mol. The Balaban J connectivity index is 1.29. The molecule has 2 aliphatic heterocycles. The van der Waals surface area contributed by atoms with Gasteiger partial charge in [-0.05, 0) is 61.5 Å². The van der Waals surface area contributed by atoms with Crippen LogP contribution in [0, 0.1) is 5.92 Å². The molecule has 230 valence electrons. The first-order chi connectivity index (χ1) is 21.8. The van der Waals surface area contributed by atoms with Crippen molar-refractivity contribution >= 4 is 58.2 Å². The first-order valence-electron chi connectivity index (χ1n) is 14.0. The van der Waals surface area contributed by atoms with Gasteiger partial charge in [-0.3, -0.25) is 19.2 Å². The molecule has 1 aromatic heterocycles. The van der Waals surface area contributed by atoms with Crippen LogP contribution < -0.4 is 24.6 Å². The molecule has 1 saturated heterocycles. The van der Waals surface area contributed by atoms with Gasteiger partial charge in [-0.25, -0.2) is 9.69 Å². The maximum Gasteiger partial charge on any atom is 0.338 e. The largest absolute Gasteiger partial charge is 0.497 e. The van der Waals surface area contributed by atoms with E-state index in [-0.39, 0.29) is 18.1 Å². The summed E-state index contributed by atoms with van der Waals surface area (Å²) in [4.78, 5) is 69.5. The number of carbonyl (C=O) groups excluding carboxylic acids is 4. The molecule has 3 amide bonds. The third-order valence-corrected chi connectivity index (χ3v) is 9.85. The molecule has 0 unspecified atom stereocenters. The number of benzene rings is 3. The fourth-order valence-electron chi connectivity index (χ4n) is 5.45. The average molecular weight is 646 g/mol. The Morgan fingerprint density at radius 1 is 0.956 bits per heavy atom. The van der Waals surface area contributed by atoms with E-state index in [0.29, 0.717) is 43.9 Å². The lowest BCUT2D eigenvalue weighted by Gasteiger charge is -2.30. The number of rotatable bonds is 9. The number of thiazole rings is 1. The van der Waals surface area contributed by atoms with Crippen molar-refractivity contribution in [1.29, 1.82) is 0 Å². The predicted octanol–water partition coefficient (Wildman–Crippen LogP) is 4.44. The number of hydrogen-bond acceptors (Lipinski definition) is 10. The van der Waals surface area contributed by atoms with Gasteiger partial charge in [0.15, 0.2) is 6.61 Å². The lowest BCUT2D eigenvalue weighted by Crippen LogP contribution is -2.32. The molecular weight excluding hydrogens is 618 g/mol. The Bertz CT molecular complexity index is 1830. The highest BCUT2D eigenvalue weighted by molar-refractivity contribution is 8.00. The molecule has 13 heteroatoms. The number of nitrogens with one attached hydrogen (secondary N) is 2. The van der Waals surface area contributed by atoms with Crippen LogP contribution in [0.2, 0.25) is 0 Å². The molecule has 0 radical (unpaired) electrons. The van der Waals surface area contributed by atoms with E-state index in [4.69, 9.17) is 14.2 Å². The SMILES string of the molecule is CCOC(=O)c1ccc(N2C(=O)[C@H]3[C@H](c4ccccc4OCC(=O)Nc4ccc(OC)cc4)c4sc(=O)[nH]c4S[C@H]3C2=O)cc1. The van der Waals surface area contributed by atoms with Gasteiger partial charge in [0.1, 0.15) is 16.7 Å². The molecule has 11 nitrogen and oxygen atoms in total. The van der Waals surface area contributed by atoms with Crippen molar-refractivity contribution in [3.05, 3.63) is 98.5 Å². The highest BCUT2D eigenvalue weighted by Crippen LogP contribution is 2.54. The topological polar surface area (TPSA) is 144 Å². The number of anilines is 2. The summed E-state index contributed by atoms with van der Waals surface area (Å²) >= 11 is 2.13. The summed E-state index contributed by atoms with van der Waals surface area (Å²) in [6.45, 7) is 1.60. The van der Waals surface area contributed by atoms with Crippen LogP contribution in [-0.2, 0) is 19.1 Å². The summed E-state index contributed by atoms with van der Waals surface area (Å²) in [6, 6.07) is 19.9. The third kappa shape index (κ3) is 5.83. The number of aromatic amines is 1. The lowest BCUT2D eigenvalue weighted by atomic mass is 9.82. The summed E-state index contributed by atoms with van der Waals surface area (Å²) in [5.74, 6) is -2.33. The van der Waals surface area contributed by atoms with Crippen LogP contribution in [0.4, 0.5) is 11.4 Å². The smallest absolute Gasteiger partial charge is 0.338 e. The first-order valence-corrected chi connectivity index (χ1v) is 15.7. The van der Waals surface area contributed by atoms with Gasteiger partial charge in [0.05, 0.1) is 35.9 Å². The molecule has 0 saturated carbocycles. The molecule has 45 heavy (non-hydrogen) atoms. The van der Waals surface area contributed by atoms with E-state index in [0.717, 1.165) is 28.0 Å². The Hall–Kier alpha value is -4.88. The highest BCUT2D eigenvalue weighted by atomic mass is 32.2. The van der Waals surface area contributed by atoms with Crippen LogP contribution in [0.1, 0.15) is 33.6 Å². The van der Waals surface area contributed by atoms with E-state index in [9.17, 15) is 24.0 Å². The average Bonchev–Trinajstić information content (AvgIpc) is 3.54. The van der Waals surface area contributed by atoms with Crippen molar-refractivity contribution < 1.29 is 33.4 Å². The number of ether oxygens (including phenoxy) is 3. The highest BCUT2D eigenvalue weighted by Gasteiger charge is 2.56. The number of esters is 1. The molecule has 6 rings (SSSR count). The van der Waals surface area contributed by atoms with Gasteiger partial charge < -0.3 is 24.5 Å². The van der Waals surface area contributed by atoms with E-state index in [2.05, 4.69) is 10.3 Å². The Morgan fingerprint density at radius 3 is 2.40 bits per heavy atom. The Kier molecular flexibility index (Phi) is 8.46. The Morgan fingerprint density at radius 2 is 1.69 bits per heavy atom. The zero-order valence-corrected chi connectivity index (χ0v) is 25.7. The van der Waals surface area contributed by atoms with Gasteiger partial charge in [-0.2, -0.15) is 0 Å². The van der Waals surface area contributed by atoms with Crippen molar-refractivity contribution in [2.75, 3.05) is 30.5 Å². The van der Waals surface area contributed by atoms with Crippen LogP contribution >= 0.6 is 23.1 Å². The first kappa shape index (κ1) is 30.2. The molecule has 1 fully saturated rings.